The molecule has 1 amide bonds. The summed E-state index contributed by atoms with van der Waals surface area (Å²) in [5.41, 5.74) is -0.307. The van der Waals surface area contributed by atoms with Gasteiger partial charge in [0.15, 0.2) is 0 Å². The maximum Gasteiger partial charge on any atom is 0.408 e. The molecule has 1 rings (SSSR count). The first-order chi connectivity index (χ1) is 9.17. The van der Waals surface area contributed by atoms with Crippen LogP contribution in [0.4, 0.5) is 9.18 Å². The highest BCUT2D eigenvalue weighted by molar-refractivity contribution is 5.72. The van der Waals surface area contributed by atoms with Gasteiger partial charge in [-0.2, -0.15) is 4.39 Å². The Labute approximate surface area is 116 Å². The molecule has 0 saturated carbocycles. The number of nitrogens with zero attached hydrogens (tertiary/aromatic N) is 1. The second-order valence-electron chi connectivity index (χ2n) is 5.21. The van der Waals surface area contributed by atoms with Crippen molar-refractivity contribution < 1.29 is 23.8 Å². The lowest BCUT2D eigenvalue weighted by Gasteiger charge is -2.23. The SMILES string of the molecule is CC(C)(C)OC(=O)NC(CC(=O)O)c1ccc(F)nc1. The number of halogens is 1. The van der Waals surface area contributed by atoms with Gasteiger partial charge in [-0.3, -0.25) is 4.79 Å². The minimum Gasteiger partial charge on any atom is -0.481 e. The van der Waals surface area contributed by atoms with E-state index in [2.05, 4.69) is 10.3 Å². The summed E-state index contributed by atoms with van der Waals surface area (Å²) in [6.07, 6.45) is 0.0837. The molecule has 1 aromatic rings. The van der Waals surface area contributed by atoms with E-state index >= 15 is 0 Å². The van der Waals surface area contributed by atoms with Crippen LogP contribution in [0.5, 0.6) is 0 Å². The number of carbonyl (C=O) groups is 2. The van der Waals surface area contributed by atoms with Crippen molar-refractivity contribution in [2.45, 2.75) is 38.8 Å². The Bertz CT molecular complexity index is 482. The second kappa shape index (κ2) is 6.31. The minimum absolute atomic E-state index is 0.355. The van der Waals surface area contributed by atoms with Gasteiger partial charge in [0.05, 0.1) is 12.5 Å². The standard InChI is InChI=1S/C13H17FN2O4/c1-13(2,3)20-12(19)16-9(6-11(17)18)8-4-5-10(14)15-7-8/h4-5,7,9H,6H2,1-3H3,(H,16,19)(H,17,18). The summed E-state index contributed by atoms with van der Waals surface area (Å²) < 4.78 is 17.8. The van der Waals surface area contributed by atoms with Gasteiger partial charge in [0.25, 0.3) is 0 Å². The Hall–Kier alpha value is -2.18. The van der Waals surface area contributed by atoms with Crippen LogP contribution >= 0.6 is 0 Å². The Morgan fingerprint density at radius 1 is 1.45 bits per heavy atom. The van der Waals surface area contributed by atoms with E-state index < -0.39 is 29.7 Å². The molecule has 6 nitrogen and oxygen atoms in total. The van der Waals surface area contributed by atoms with Gasteiger partial charge in [-0.25, -0.2) is 9.78 Å². The molecular weight excluding hydrogens is 267 g/mol. The van der Waals surface area contributed by atoms with E-state index in [1.54, 1.807) is 20.8 Å². The van der Waals surface area contributed by atoms with Crippen LogP contribution in [0.2, 0.25) is 0 Å². The fourth-order valence-electron chi connectivity index (χ4n) is 1.47. The van der Waals surface area contributed by atoms with Gasteiger partial charge in [0.2, 0.25) is 5.95 Å². The van der Waals surface area contributed by atoms with Crippen molar-refractivity contribution in [3.05, 3.63) is 29.8 Å². The predicted molar refractivity (Wildman–Crippen MR) is 68.6 cm³/mol. The highest BCUT2D eigenvalue weighted by atomic mass is 19.1. The van der Waals surface area contributed by atoms with Crippen molar-refractivity contribution in [2.24, 2.45) is 0 Å². The zero-order chi connectivity index (χ0) is 15.3. The van der Waals surface area contributed by atoms with Crippen LogP contribution in [0.1, 0.15) is 38.8 Å². The third-order valence-corrected chi connectivity index (χ3v) is 2.22. The molecule has 2 N–H and O–H groups in total. The number of hydrogen-bond acceptors (Lipinski definition) is 4. The Balaban J connectivity index is 2.82. The van der Waals surface area contributed by atoms with E-state index in [1.807, 2.05) is 0 Å². The Morgan fingerprint density at radius 3 is 2.55 bits per heavy atom. The molecule has 1 heterocycles. The van der Waals surface area contributed by atoms with Gasteiger partial charge in [0, 0.05) is 6.20 Å². The topological polar surface area (TPSA) is 88.5 Å². The molecule has 0 aromatic carbocycles. The zero-order valence-electron chi connectivity index (χ0n) is 11.5. The van der Waals surface area contributed by atoms with Gasteiger partial charge in [-0.15, -0.1) is 0 Å². The number of carboxylic acids is 1. The van der Waals surface area contributed by atoms with Crippen LogP contribution in [0.15, 0.2) is 18.3 Å². The fraction of sp³-hybridized carbons (Fsp3) is 0.462. The van der Waals surface area contributed by atoms with Crippen molar-refractivity contribution in [3.63, 3.8) is 0 Å². The smallest absolute Gasteiger partial charge is 0.408 e. The summed E-state index contributed by atoms with van der Waals surface area (Å²) in [4.78, 5) is 25.9. The van der Waals surface area contributed by atoms with E-state index in [4.69, 9.17) is 9.84 Å². The summed E-state index contributed by atoms with van der Waals surface area (Å²) in [5.74, 6) is -1.78. The zero-order valence-corrected chi connectivity index (χ0v) is 11.5. The first-order valence-corrected chi connectivity index (χ1v) is 6.00. The third-order valence-electron chi connectivity index (χ3n) is 2.22. The molecule has 0 fully saturated rings. The molecule has 0 aliphatic rings. The van der Waals surface area contributed by atoms with Crippen LogP contribution in [0.25, 0.3) is 0 Å². The van der Waals surface area contributed by atoms with Crippen LogP contribution < -0.4 is 5.32 Å². The maximum absolute atomic E-state index is 12.8. The molecule has 1 aromatic heterocycles. The van der Waals surface area contributed by atoms with E-state index in [0.717, 1.165) is 6.07 Å². The number of nitrogens with one attached hydrogen (secondary N) is 1. The van der Waals surface area contributed by atoms with Crippen LogP contribution in [0, 0.1) is 5.95 Å². The van der Waals surface area contributed by atoms with Crippen LogP contribution in [-0.2, 0) is 9.53 Å². The van der Waals surface area contributed by atoms with Gasteiger partial charge in [0.1, 0.15) is 5.60 Å². The number of carbonyl (C=O) groups excluding carboxylic acids is 1. The molecule has 1 unspecified atom stereocenters. The van der Waals surface area contributed by atoms with Crippen molar-refractivity contribution in [1.82, 2.24) is 10.3 Å². The first-order valence-electron chi connectivity index (χ1n) is 6.00. The average molecular weight is 284 g/mol. The number of alkyl carbamates (subject to hydrolysis) is 1. The molecule has 7 heteroatoms. The average Bonchev–Trinajstić information content (AvgIpc) is 2.25. The lowest BCUT2D eigenvalue weighted by atomic mass is 10.1. The van der Waals surface area contributed by atoms with E-state index in [9.17, 15) is 14.0 Å². The summed E-state index contributed by atoms with van der Waals surface area (Å²) in [5, 5.41) is 11.3. The van der Waals surface area contributed by atoms with Crippen LogP contribution in [-0.4, -0.2) is 27.8 Å². The molecule has 0 aliphatic carbocycles. The minimum atomic E-state index is -1.10. The molecular formula is C13H17FN2O4. The van der Waals surface area contributed by atoms with Crippen LogP contribution in [0.3, 0.4) is 0 Å². The summed E-state index contributed by atoms with van der Waals surface area (Å²) in [6.45, 7) is 5.08. The van der Waals surface area contributed by atoms with Gasteiger partial charge in [-0.1, -0.05) is 6.07 Å². The van der Waals surface area contributed by atoms with Gasteiger partial charge >= 0.3 is 12.1 Å². The van der Waals surface area contributed by atoms with E-state index in [-0.39, 0.29) is 6.42 Å². The van der Waals surface area contributed by atoms with Crippen molar-refractivity contribution in [1.29, 1.82) is 0 Å². The number of aliphatic carboxylic acids is 1. The third kappa shape index (κ3) is 5.64. The first kappa shape index (κ1) is 15.9. The number of hydrogen-bond donors (Lipinski definition) is 2. The van der Waals surface area contributed by atoms with E-state index in [0.29, 0.717) is 5.56 Å². The molecule has 0 saturated heterocycles. The predicted octanol–water partition coefficient (Wildman–Crippen LogP) is 2.26. The number of rotatable bonds is 4. The number of carboxylic acid groups (broad SMARTS) is 1. The summed E-state index contributed by atoms with van der Waals surface area (Å²) in [6, 6.07) is 1.63. The molecule has 0 bridgehead atoms. The highest BCUT2D eigenvalue weighted by Gasteiger charge is 2.22. The Morgan fingerprint density at radius 2 is 2.10 bits per heavy atom. The van der Waals surface area contributed by atoms with Crippen molar-refractivity contribution in [3.8, 4) is 0 Å². The highest BCUT2D eigenvalue weighted by Crippen LogP contribution is 2.17. The fourth-order valence-corrected chi connectivity index (χ4v) is 1.47. The number of ether oxygens (including phenoxy) is 1. The van der Waals surface area contributed by atoms with Gasteiger partial charge in [-0.05, 0) is 32.4 Å². The second-order valence-corrected chi connectivity index (χ2v) is 5.21. The monoisotopic (exact) mass is 284 g/mol. The number of amides is 1. The summed E-state index contributed by atoms with van der Waals surface area (Å²) >= 11 is 0. The molecule has 0 spiro atoms. The molecule has 0 aliphatic heterocycles. The quantitative estimate of drug-likeness (QED) is 0.828. The lowest BCUT2D eigenvalue weighted by molar-refractivity contribution is -0.137. The lowest BCUT2D eigenvalue weighted by Crippen LogP contribution is -2.35. The van der Waals surface area contributed by atoms with E-state index in [1.165, 1.54) is 12.3 Å². The Kier molecular flexibility index (Phi) is 5.01. The summed E-state index contributed by atoms with van der Waals surface area (Å²) in [7, 11) is 0. The van der Waals surface area contributed by atoms with Crippen molar-refractivity contribution >= 4 is 12.1 Å². The molecule has 110 valence electrons. The molecule has 20 heavy (non-hydrogen) atoms. The maximum atomic E-state index is 12.8. The number of pyridine rings is 1. The molecule has 1 atom stereocenters. The largest absolute Gasteiger partial charge is 0.481 e. The normalized spacial score (nSPS) is 12.6. The molecule has 0 radical (unpaired) electrons. The number of aromatic nitrogens is 1. The van der Waals surface area contributed by atoms with Crippen molar-refractivity contribution in [2.75, 3.05) is 0 Å². The van der Waals surface area contributed by atoms with Gasteiger partial charge < -0.3 is 15.2 Å².